The SMILES string of the molecule is Cc1ccc([C@H]2C(C#N)=C(N)Oc3c2oc(CO)cc3=O)o1. The van der Waals surface area contributed by atoms with Gasteiger partial charge in [0.2, 0.25) is 17.1 Å². The lowest BCUT2D eigenvalue weighted by molar-refractivity contribution is 0.230. The van der Waals surface area contributed by atoms with Gasteiger partial charge in [0.1, 0.15) is 41.4 Å². The highest BCUT2D eigenvalue weighted by Gasteiger charge is 2.37. The number of aliphatic hydroxyl groups excluding tert-OH is 1. The van der Waals surface area contributed by atoms with Crippen LogP contribution in [0.2, 0.25) is 0 Å². The molecule has 2 aromatic rings. The average Bonchev–Trinajstić information content (AvgIpc) is 2.92. The highest BCUT2D eigenvalue weighted by atomic mass is 16.5. The number of furan rings is 1. The number of ether oxygens (including phenoxy) is 1. The summed E-state index contributed by atoms with van der Waals surface area (Å²) in [5.41, 5.74) is 5.34. The van der Waals surface area contributed by atoms with Gasteiger partial charge in [0.05, 0.1) is 0 Å². The molecule has 0 amide bonds. The molecule has 1 aliphatic rings. The van der Waals surface area contributed by atoms with Crippen LogP contribution in [0.25, 0.3) is 0 Å². The van der Waals surface area contributed by atoms with Crippen molar-refractivity contribution in [2.75, 3.05) is 0 Å². The molecule has 7 nitrogen and oxygen atoms in total. The molecule has 0 saturated heterocycles. The predicted octanol–water partition coefficient (Wildman–Crippen LogP) is 1.25. The Morgan fingerprint density at radius 2 is 2.18 bits per heavy atom. The fourth-order valence-corrected chi connectivity index (χ4v) is 2.36. The Bertz CT molecular complexity index is 869. The van der Waals surface area contributed by atoms with Crippen LogP contribution in [0.3, 0.4) is 0 Å². The van der Waals surface area contributed by atoms with E-state index in [9.17, 15) is 15.2 Å². The zero-order chi connectivity index (χ0) is 15.9. The molecule has 0 saturated carbocycles. The monoisotopic (exact) mass is 300 g/mol. The number of aliphatic hydroxyl groups is 1. The van der Waals surface area contributed by atoms with E-state index in [1.807, 2.05) is 6.07 Å². The van der Waals surface area contributed by atoms with Gasteiger partial charge in [-0.15, -0.1) is 0 Å². The second-order valence-electron chi connectivity index (χ2n) is 4.80. The number of allylic oxidation sites excluding steroid dienone is 1. The Morgan fingerprint density at radius 3 is 2.77 bits per heavy atom. The molecule has 1 atom stereocenters. The van der Waals surface area contributed by atoms with Gasteiger partial charge in [-0.3, -0.25) is 4.79 Å². The van der Waals surface area contributed by atoms with Gasteiger partial charge in [0.15, 0.2) is 5.76 Å². The van der Waals surface area contributed by atoms with Crippen molar-refractivity contribution >= 4 is 0 Å². The van der Waals surface area contributed by atoms with Crippen LogP contribution in [0, 0.1) is 18.3 Å². The number of hydrogen-bond donors (Lipinski definition) is 2. The molecule has 3 heterocycles. The number of aryl methyl sites for hydroxylation is 1. The number of hydrogen-bond acceptors (Lipinski definition) is 7. The van der Waals surface area contributed by atoms with Crippen LogP contribution in [0.4, 0.5) is 0 Å². The van der Waals surface area contributed by atoms with E-state index >= 15 is 0 Å². The molecule has 3 rings (SSSR count). The third-order valence-electron chi connectivity index (χ3n) is 3.33. The first-order chi connectivity index (χ1) is 10.5. The molecule has 0 bridgehead atoms. The Morgan fingerprint density at radius 1 is 1.41 bits per heavy atom. The summed E-state index contributed by atoms with van der Waals surface area (Å²) >= 11 is 0. The third kappa shape index (κ3) is 2.06. The summed E-state index contributed by atoms with van der Waals surface area (Å²) in [7, 11) is 0. The van der Waals surface area contributed by atoms with Crippen LogP contribution in [-0.2, 0) is 6.61 Å². The van der Waals surface area contributed by atoms with Crippen molar-refractivity contribution < 1.29 is 18.7 Å². The van der Waals surface area contributed by atoms with Crippen LogP contribution in [0.5, 0.6) is 5.75 Å². The maximum Gasteiger partial charge on any atom is 0.228 e. The Labute approximate surface area is 124 Å². The number of fused-ring (bicyclic) bond motifs is 1. The number of nitrogens with two attached hydrogens (primary N) is 1. The van der Waals surface area contributed by atoms with Crippen molar-refractivity contribution in [2.24, 2.45) is 5.73 Å². The topological polar surface area (TPSA) is 123 Å². The quantitative estimate of drug-likeness (QED) is 0.855. The molecule has 0 aliphatic carbocycles. The van der Waals surface area contributed by atoms with Gasteiger partial charge in [-0.25, -0.2) is 0 Å². The van der Waals surface area contributed by atoms with Crippen molar-refractivity contribution in [1.29, 1.82) is 5.26 Å². The van der Waals surface area contributed by atoms with Crippen molar-refractivity contribution in [3.63, 3.8) is 0 Å². The molecule has 0 radical (unpaired) electrons. The maximum atomic E-state index is 12.1. The van der Waals surface area contributed by atoms with Crippen LogP contribution in [-0.4, -0.2) is 5.11 Å². The van der Waals surface area contributed by atoms with Gasteiger partial charge >= 0.3 is 0 Å². The lowest BCUT2D eigenvalue weighted by Crippen LogP contribution is -2.25. The van der Waals surface area contributed by atoms with Crippen LogP contribution < -0.4 is 15.9 Å². The largest absolute Gasteiger partial charge is 0.465 e. The first-order valence-electron chi connectivity index (χ1n) is 6.46. The fourth-order valence-electron chi connectivity index (χ4n) is 2.36. The molecule has 0 aromatic carbocycles. The molecule has 2 aromatic heterocycles. The summed E-state index contributed by atoms with van der Waals surface area (Å²) in [6.07, 6.45) is 0. The number of nitriles is 1. The molecular formula is C15H12N2O5. The van der Waals surface area contributed by atoms with E-state index in [4.69, 9.17) is 19.3 Å². The molecule has 112 valence electrons. The zero-order valence-corrected chi connectivity index (χ0v) is 11.6. The lowest BCUT2D eigenvalue weighted by Gasteiger charge is -2.23. The summed E-state index contributed by atoms with van der Waals surface area (Å²) in [5.74, 6) is 0.141. The van der Waals surface area contributed by atoms with Gasteiger partial charge in [-0.1, -0.05) is 0 Å². The van der Waals surface area contributed by atoms with E-state index in [1.165, 1.54) is 0 Å². The molecule has 0 fully saturated rings. The standard InChI is InChI=1S/C15H12N2O5/c1-7-2-3-11(20-7)12-9(5-16)15(17)22-13-10(19)4-8(6-18)21-14(12)13/h2-4,12,18H,6,17H2,1H3/t12-/m1/s1. The van der Waals surface area contributed by atoms with Crippen LogP contribution in [0.1, 0.15) is 29.0 Å². The second-order valence-corrected chi connectivity index (χ2v) is 4.80. The van der Waals surface area contributed by atoms with E-state index in [0.717, 1.165) is 6.07 Å². The normalized spacial score (nSPS) is 16.9. The highest BCUT2D eigenvalue weighted by molar-refractivity contribution is 5.50. The first-order valence-corrected chi connectivity index (χ1v) is 6.46. The van der Waals surface area contributed by atoms with Gasteiger partial charge in [0, 0.05) is 6.07 Å². The van der Waals surface area contributed by atoms with E-state index < -0.39 is 18.0 Å². The average molecular weight is 300 g/mol. The first kappa shape index (κ1) is 14.0. The van der Waals surface area contributed by atoms with Gasteiger partial charge in [-0.05, 0) is 19.1 Å². The maximum absolute atomic E-state index is 12.1. The van der Waals surface area contributed by atoms with Crippen molar-refractivity contribution in [1.82, 2.24) is 0 Å². The highest BCUT2D eigenvalue weighted by Crippen LogP contribution is 2.41. The van der Waals surface area contributed by atoms with Crippen molar-refractivity contribution in [3.8, 4) is 11.8 Å². The summed E-state index contributed by atoms with van der Waals surface area (Å²) in [5, 5.41) is 18.5. The van der Waals surface area contributed by atoms with Crippen LogP contribution >= 0.6 is 0 Å². The molecule has 0 spiro atoms. The fraction of sp³-hybridized carbons (Fsp3) is 0.200. The summed E-state index contributed by atoms with van der Waals surface area (Å²) in [6, 6.07) is 6.47. The summed E-state index contributed by atoms with van der Waals surface area (Å²) in [6.45, 7) is 1.30. The van der Waals surface area contributed by atoms with E-state index in [-0.39, 0.29) is 28.7 Å². The Kier molecular flexibility index (Phi) is 3.23. The van der Waals surface area contributed by atoms with E-state index in [0.29, 0.717) is 11.5 Å². The van der Waals surface area contributed by atoms with Gasteiger partial charge in [-0.2, -0.15) is 5.26 Å². The molecule has 7 heteroatoms. The smallest absolute Gasteiger partial charge is 0.228 e. The predicted molar refractivity (Wildman–Crippen MR) is 73.6 cm³/mol. The van der Waals surface area contributed by atoms with E-state index in [2.05, 4.69) is 0 Å². The third-order valence-corrected chi connectivity index (χ3v) is 3.33. The lowest BCUT2D eigenvalue weighted by atomic mass is 9.92. The molecule has 1 aliphatic heterocycles. The molecule has 3 N–H and O–H groups in total. The number of nitrogens with zero attached hydrogens (tertiary/aromatic N) is 1. The summed E-state index contributed by atoms with van der Waals surface area (Å²) in [4.78, 5) is 12.1. The Balaban J connectivity index is 2.29. The minimum absolute atomic E-state index is 0.0680. The minimum atomic E-state index is -0.790. The molecule has 0 unspecified atom stereocenters. The number of rotatable bonds is 2. The minimum Gasteiger partial charge on any atom is -0.465 e. The Hall–Kier alpha value is -2.98. The van der Waals surface area contributed by atoms with E-state index in [1.54, 1.807) is 19.1 Å². The zero-order valence-electron chi connectivity index (χ0n) is 11.6. The van der Waals surface area contributed by atoms with Gasteiger partial charge < -0.3 is 24.4 Å². The van der Waals surface area contributed by atoms with Crippen molar-refractivity contribution in [3.05, 3.63) is 62.9 Å². The van der Waals surface area contributed by atoms with Crippen molar-refractivity contribution in [2.45, 2.75) is 19.4 Å². The second kappa shape index (κ2) is 5.09. The van der Waals surface area contributed by atoms with Gasteiger partial charge in [0.25, 0.3) is 0 Å². The summed E-state index contributed by atoms with van der Waals surface area (Å²) < 4.78 is 16.3. The molecular weight excluding hydrogens is 288 g/mol. The van der Waals surface area contributed by atoms with Crippen LogP contribution in [0.15, 0.2) is 43.3 Å². The molecule has 22 heavy (non-hydrogen) atoms.